The van der Waals surface area contributed by atoms with Crippen LogP contribution in [0.25, 0.3) is 23.0 Å². The first kappa shape index (κ1) is 19.6. The second kappa shape index (κ2) is 8.76. The van der Waals surface area contributed by atoms with Crippen molar-refractivity contribution in [2.45, 2.75) is 19.8 Å². The zero-order valence-corrected chi connectivity index (χ0v) is 17.7. The molecule has 1 aliphatic heterocycles. The van der Waals surface area contributed by atoms with E-state index in [1.807, 2.05) is 77.6 Å². The Morgan fingerprint density at radius 1 is 1.07 bits per heavy atom. The molecule has 0 saturated carbocycles. The Morgan fingerprint density at radius 3 is 2.45 bits per heavy atom. The van der Waals surface area contributed by atoms with E-state index in [4.69, 9.17) is 17.3 Å². The summed E-state index contributed by atoms with van der Waals surface area (Å²) in [5, 5.41) is 4.81. The maximum Gasteiger partial charge on any atom is 0.266 e. The fourth-order valence-corrected chi connectivity index (χ4v) is 4.48. The molecule has 1 aliphatic rings. The standard InChI is InChI=1S/C23H21N3OS2/c1-2-3-14-25-22(27)20(29-23(25)28)15-18-16-26(19-12-8-5-9-13-19)24-21(18)17-10-6-4-7-11-17/h4-13,15-16H,2-3,14H2,1H3. The molecule has 146 valence electrons. The van der Waals surface area contributed by atoms with Crippen LogP contribution in [0.3, 0.4) is 0 Å². The number of unbranched alkanes of at least 4 members (excludes halogenated alkanes) is 1. The molecule has 1 aromatic heterocycles. The third-order valence-electron chi connectivity index (χ3n) is 4.71. The maximum absolute atomic E-state index is 12.9. The molecule has 0 atom stereocenters. The van der Waals surface area contributed by atoms with Crippen LogP contribution in [0.4, 0.5) is 0 Å². The van der Waals surface area contributed by atoms with Crippen LogP contribution in [0, 0.1) is 0 Å². The molecule has 0 N–H and O–H groups in total. The fourth-order valence-electron chi connectivity index (χ4n) is 3.18. The predicted molar refractivity (Wildman–Crippen MR) is 124 cm³/mol. The minimum atomic E-state index is -0.0140. The Morgan fingerprint density at radius 2 is 1.76 bits per heavy atom. The number of para-hydroxylation sites is 1. The van der Waals surface area contributed by atoms with Gasteiger partial charge in [-0.25, -0.2) is 4.68 Å². The van der Waals surface area contributed by atoms with Gasteiger partial charge in [0, 0.05) is 23.9 Å². The highest BCUT2D eigenvalue weighted by Crippen LogP contribution is 2.35. The van der Waals surface area contributed by atoms with Gasteiger partial charge in [-0.3, -0.25) is 9.69 Å². The summed E-state index contributed by atoms with van der Waals surface area (Å²) in [6.07, 6.45) is 5.86. The molecule has 3 aromatic rings. The van der Waals surface area contributed by atoms with Gasteiger partial charge >= 0.3 is 0 Å². The average Bonchev–Trinajstić information content (AvgIpc) is 3.29. The molecule has 2 heterocycles. The van der Waals surface area contributed by atoms with Crippen molar-refractivity contribution in [1.82, 2.24) is 14.7 Å². The van der Waals surface area contributed by atoms with Crippen molar-refractivity contribution in [3.8, 4) is 16.9 Å². The third kappa shape index (κ3) is 4.18. The molecule has 4 rings (SSSR count). The van der Waals surface area contributed by atoms with Crippen LogP contribution >= 0.6 is 24.0 Å². The number of thioether (sulfide) groups is 1. The van der Waals surface area contributed by atoms with Crippen molar-refractivity contribution in [1.29, 1.82) is 0 Å². The summed E-state index contributed by atoms with van der Waals surface area (Å²) >= 11 is 6.81. The Kier molecular flexibility index (Phi) is 5.92. The highest BCUT2D eigenvalue weighted by molar-refractivity contribution is 8.26. The lowest BCUT2D eigenvalue weighted by atomic mass is 10.1. The van der Waals surface area contributed by atoms with E-state index in [2.05, 4.69) is 6.92 Å². The average molecular weight is 420 g/mol. The largest absolute Gasteiger partial charge is 0.293 e. The van der Waals surface area contributed by atoms with E-state index in [9.17, 15) is 4.79 Å². The fraction of sp³-hybridized carbons (Fsp3) is 0.174. The van der Waals surface area contributed by atoms with E-state index in [1.165, 1.54) is 11.8 Å². The van der Waals surface area contributed by atoms with Crippen molar-refractivity contribution < 1.29 is 4.79 Å². The third-order valence-corrected chi connectivity index (χ3v) is 6.08. The van der Waals surface area contributed by atoms with Crippen molar-refractivity contribution in [3.05, 3.63) is 77.3 Å². The van der Waals surface area contributed by atoms with Gasteiger partial charge in [0.1, 0.15) is 4.32 Å². The molecule has 0 aliphatic carbocycles. The Hall–Kier alpha value is -2.70. The van der Waals surface area contributed by atoms with E-state index in [-0.39, 0.29) is 5.91 Å². The number of hydrogen-bond donors (Lipinski definition) is 0. The normalized spacial score (nSPS) is 15.5. The molecule has 6 heteroatoms. The van der Waals surface area contributed by atoms with Crippen LogP contribution < -0.4 is 0 Å². The molecule has 1 amide bonds. The number of hydrogen-bond acceptors (Lipinski definition) is 4. The van der Waals surface area contributed by atoms with Gasteiger partial charge in [0.05, 0.1) is 16.3 Å². The van der Waals surface area contributed by atoms with Gasteiger partial charge in [0.15, 0.2) is 0 Å². The van der Waals surface area contributed by atoms with Crippen LogP contribution in [0.15, 0.2) is 71.8 Å². The maximum atomic E-state index is 12.9. The summed E-state index contributed by atoms with van der Waals surface area (Å²) in [5.74, 6) is -0.0140. The van der Waals surface area contributed by atoms with Crippen molar-refractivity contribution in [2.75, 3.05) is 6.54 Å². The zero-order valence-electron chi connectivity index (χ0n) is 16.1. The predicted octanol–water partition coefficient (Wildman–Crippen LogP) is 5.54. The van der Waals surface area contributed by atoms with Gasteiger partial charge in [-0.2, -0.15) is 5.10 Å². The molecule has 29 heavy (non-hydrogen) atoms. The molecule has 0 radical (unpaired) electrons. The highest BCUT2D eigenvalue weighted by Gasteiger charge is 2.31. The van der Waals surface area contributed by atoms with Gasteiger partial charge in [-0.05, 0) is 24.6 Å². The number of thiocarbonyl (C=S) groups is 1. The lowest BCUT2D eigenvalue weighted by Crippen LogP contribution is -2.28. The summed E-state index contributed by atoms with van der Waals surface area (Å²) in [6, 6.07) is 20.0. The molecule has 4 nitrogen and oxygen atoms in total. The molecule has 2 aromatic carbocycles. The molecule has 0 bridgehead atoms. The second-order valence-corrected chi connectivity index (χ2v) is 8.44. The van der Waals surface area contributed by atoms with Gasteiger partial charge in [0.2, 0.25) is 0 Å². The number of rotatable bonds is 6. The summed E-state index contributed by atoms with van der Waals surface area (Å²) in [6.45, 7) is 2.78. The van der Waals surface area contributed by atoms with E-state index in [1.54, 1.807) is 4.90 Å². The van der Waals surface area contributed by atoms with Crippen LogP contribution in [0.2, 0.25) is 0 Å². The van der Waals surface area contributed by atoms with E-state index in [0.717, 1.165) is 35.3 Å². The lowest BCUT2D eigenvalue weighted by molar-refractivity contribution is -0.122. The number of amides is 1. The van der Waals surface area contributed by atoms with Crippen LogP contribution in [0.1, 0.15) is 25.3 Å². The zero-order chi connectivity index (χ0) is 20.2. The SMILES string of the molecule is CCCCN1C(=O)C(=Cc2cn(-c3ccccc3)nc2-c2ccccc2)SC1=S. The first-order valence-electron chi connectivity index (χ1n) is 9.63. The van der Waals surface area contributed by atoms with E-state index in [0.29, 0.717) is 15.8 Å². The van der Waals surface area contributed by atoms with Crippen molar-refractivity contribution in [3.63, 3.8) is 0 Å². The quantitative estimate of drug-likeness (QED) is 0.388. The molecule has 1 fully saturated rings. The number of carbonyl (C=O) groups is 1. The highest BCUT2D eigenvalue weighted by atomic mass is 32.2. The van der Waals surface area contributed by atoms with Crippen molar-refractivity contribution >= 4 is 40.3 Å². The lowest BCUT2D eigenvalue weighted by Gasteiger charge is -2.12. The monoisotopic (exact) mass is 419 g/mol. The van der Waals surface area contributed by atoms with Crippen LogP contribution in [-0.4, -0.2) is 31.5 Å². The van der Waals surface area contributed by atoms with Gasteiger partial charge in [-0.15, -0.1) is 0 Å². The van der Waals surface area contributed by atoms with Gasteiger partial charge in [0.25, 0.3) is 5.91 Å². The van der Waals surface area contributed by atoms with Crippen LogP contribution in [0.5, 0.6) is 0 Å². The molecule has 1 saturated heterocycles. The first-order valence-corrected chi connectivity index (χ1v) is 10.9. The summed E-state index contributed by atoms with van der Waals surface area (Å²) in [4.78, 5) is 15.2. The topological polar surface area (TPSA) is 38.1 Å². The van der Waals surface area contributed by atoms with Gasteiger partial charge < -0.3 is 0 Å². The summed E-state index contributed by atoms with van der Waals surface area (Å²) in [7, 11) is 0. The Balaban J connectivity index is 1.75. The minimum absolute atomic E-state index is 0.0140. The van der Waals surface area contributed by atoms with Crippen LogP contribution in [-0.2, 0) is 4.79 Å². The minimum Gasteiger partial charge on any atom is -0.293 e. The number of carbonyl (C=O) groups excluding carboxylic acids is 1. The Bertz CT molecular complexity index is 1060. The molecular weight excluding hydrogens is 398 g/mol. The molecule has 0 unspecified atom stereocenters. The number of aromatic nitrogens is 2. The molecule has 0 spiro atoms. The first-order chi connectivity index (χ1) is 14.2. The summed E-state index contributed by atoms with van der Waals surface area (Å²) in [5.41, 5.74) is 3.72. The Labute approximate surface area is 180 Å². The number of nitrogens with zero attached hydrogens (tertiary/aromatic N) is 3. The van der Waals surface area contributed by atoms with Gasteiger partial charge in [-0.1, -0.05) is 85.9 Å². The number of benzene rings is 2. The van der Waals surface area contributed by atoms with Crippen molar-refractivity contribution in [2.24, 2.45) is 0 Å². The second-order valence-electron chi connectivity index (χ2n) is 6.77. The molecular formula is C23H21N3OS2. The summed E-state index contributed by atoms with van der Waals surface area (Å²) < 4.78 is 2.48. The van der Waals surface area contributed by atoms with E-state index < -0.39 is 0 Å². The van der Waals surface area contributed by atoms with E-state index >= 15 is 0 Å². The smallest absolute Gasteiger partial charge is 0.266 e.